The highest BCUT2D eigenvalue weighted by molar-refractivity contribution is 5.93. The number of carbonyl (C=O) groups excluding carboxylic acids is 1. The fraction of sp³-hybridized carbons (Fsp3) is 0.348. The van der Waals surface area contributed by atoms with Crippen LogP contribution in [-0.2, 0) is 19.3 Å². The second-order valence-corrected chi connectivity index (χ2v) is 7.31. The third-order valence-corrected chi connectivity index (χ3v) is 5.37. The number of rotatable bonds is 7. The fourth-order valence-corrected chi connectivity index (χ4v) is 3.94. The molecule has 0 aliphatic heterocycles. The van der Waals surface area contributed by atoms with E-state index in [1.54, 1.807) is 6.07 Å². The Bertz CT molecular complexity index is 1000. The molecule has 3 aromatic rings. The number of aromatic nitrogens is 2. The Kier molecular flexibility index (Phi) is 5.60. The van der Waals surface area contributed by atoms with Gasteiger partial charge in [0, 0.05) is 29.0 Å². The van der Waals surface area contributed by atoms with Crippen LogP contribution in [0.1, 0.15) is 53.1 Å². The molecule has 1 aliphatic rings. The first-order valence-electron chi connectivity index (χ1n) is 10.0. The number of hydrogen-bond acceptors (Lipinski definition) is 4. The lowest BCUT2D eigenvalue weighted by Gasteiger charge is -2.21. The van der Waals surface area contributed by atoms with Crippen molar-refractivity contribution in [3.05, 3.63) is 64.9 Å². The first-order valence-corrected chi connectivity index (χ1v) is 10.0. The second kappa shape index (κ2) is 8.46. The maximum atomic E-state index is 13.4. The first kappa shape index (κ1) is 18.5. The van der Waals surface area contributed by atoms with Crippen molar-refractivity contribution >= 4 is 22.9 Å². The average molecular weight is 377 g/mol. The maximum absolute atomic E-state index is 13.4. The molecule has 0 fully saturated rings. The Labute approximate surface area is 164 Å². The highest BCUT2D eigenvalue weighted by atomic mass is 19.1. The zero-order valence-corrected chi connectivity index (χ0v) is 15.9. The molecule has 5 heteroatoms. The van der Waals surface area contributed by atoms with Crippen molar-refractivity contribution in [3.8, 4) is 0 Å². The molecule has 28 heavy (non-hydrogen) atoms. The van der Waals surface area contributed by atoms with Crippen molar-refractivity contribution in [2.45, 2.75) is 44.9 Å². The molecule has 0 unspecified atom stereocenters. The fourth-order valence-electron chi connectivity index (χ4n) is 3.94. The Morgan fingerprint density at radius 2 is 1.89 bits per heavy atom. The molecule has 4 rings (SSSR count). The van der Waals surface area contributed by atoms with E-state index in [1.807, 2.05) is 6.07 Å². The van der Waals surface area contributed by atoms with E-state index in [9.17, 15) is 9.18 Å². The minimum absolute atomic E-state index is 0.106. The second-order valence-electron chi connectivity index (χ2n) is 7.31. The number of hydrogen-bond donors (Lipinski definition) is 1. The van der Waals surface area contributed by atoms with Gasteiger partial charge in [0.1, 0.15) is 5.69 Å². The van der Waals surface area contributed by atoms with Crippen LogP contribution in [-0.4, -0.2) is 22.8 Å². The molecule has 0 spiro atoms. The summed E-state index contributed by atoms with van der Waals surface area (Å²) in [6, 6.07) is 11.3. The van der Waals surface area contributed by atoms with Crippen LogP contribution in [0.2, 0.25) is 0 Å². The monoisotopic (exact) mass is 377 g/mol. The van der Waals surface area contributed by atoms with Gasteiger partial charge in [0.05, 0.1) is 5.52 Å². The van der Waals surface area contributed by atoms with E-state index in [4.69, 9.17) is 4.98 Å². The summed E-state index contributed by atoms with van der Waals surface area (Å²) in [7, 11) is 0. The van der Waals surface area contributed by atoms with Gasteiger partial charge < -0.3 is 5.32 Å². The molecule has 1 N–H and O–H groups in total. The van der Waals surface area contributed by atoms with Crippen LogP contribution in [0.25, 0.3) is 10.9 Å². The van der Waals surface area contributed by atoms with Crippen LogP contribution in [0.4, 0.5) is 10.1 Å². The lowest BCUT2D eigenvalue weighted by molar-refractivity contribution is 0.111. The molecule has 2 aromatic heterocycles. The van der Waals surface area contributed by atoms with Gasteiger partial charge in [-0.3, -0.25) is 9.78 Å². The molecular weight excluding hydrogens is 353 g/mol. The molecule has 144 valence electrons. The Morgan fingerprint density at radius 3 is 2.79 bits per heavy atom. The predicted molar refractivity (Wildman–Crippen MR) is 109 cm³/mol. The summed E-state index contributed by atoms with van der Waals surface area (Å²) < 4.78 is 13.4. The van der Waals surface area contributed by atoms with Crippen molar-refractivity contribution in [1.82, 2.24) is 9.97 Å². The quantitative estimate of drug-likeness (QED) is 0.470. The standard InChI is InChI=1S/C23H24FN3O/c24-19-13-12-16(26-22(19)15-28)7-5-6-14-25-23-17-8-1-3-10-20(17)27-21-11-4-2-9-18(21)23/h1,3,8,10,12-13,15H,2,4-7,9,11,14H2,(H,25,27). The molecule has 4 nitrogen and oxygen atoms in total. The molecule has 0 radical (unpaired) electrons. The van der Waals surface area contributed by atoms with Crippen LogP contribution in [0.3, 0.4) is 0 Å². The molecular formula is C23H24FN3O. The lowest BCUT2D eigenvalue weighted by atomic mass is 9.92. The van der Waals surface area contributed by atoms with E-state index in [2.05, 4.69) is 28.5 Å². The number of halogens is 1. The van der Waals surface area contributed by atoms with Gasteiger partial charge in [-0.2, -0.15) is 0 Å². The van der Waals surface area contributed by atoms with E-state index in [-0.39, 0.29) is 5.69 Å². The van der Waals surface area contributed by atoms with Gasteiger partial charge in [0.15, 0.2) is 12.1 Å². The van der Waals surface area contributed by atoms with Crippen molar-refractivity contribution in [2.24, 2.45) is 0 Å². The van der Waals surface area contributed by atoms with Crippen molar-refractivity contribution in [2.75, 3.05) is 11.9 Å². The van der Waals surface area contributed by atoms with E-state index in [1.165, 1.54) is 41.2 Å². The number of aldehydes is 1. The summed E-state index contributed by atoms with van der Waals surface area (Å²) in [6.45, 7) is 0.863. The minimum Gasteiger partial charge on any atom is -0.384 e. The normalized spacial score (nSPS) is 13.3. The molecule has 0 atom stereocenters. The number of unbranched alkanes of at least 4 members (excludes halogenated alkanes) is 1. The zero-order chi connectivity index (χ0) is 19.3. The SMILES string of the molecule is O=Cc1nc(CCCCNc2c3c(nc4ccccc24)CCCC3)ccc1F. The van der Waals surface area contributed by atoms with Crippen LogP contribution in [0.5, 0.6) is 0 Å². The number of pyridine rings is 2. The molecule has 1 aromatic carbocycles. The van der Waals surface area contributed by atoms with E-state index in [0.717, 1.165) is 49.9 Å². The van der Waals surface area contributed by atoms with Crippen LogP contribution in [0.15, 0.2) is 36.4 Å². The third kappa shape index (κ3) is 3.88. The Hall–Kier alpha value is -2.82. The van der Waals surface area contributed by atoms with Crippen LogP contribution >= 0.6 is 0 Å². The topological polar surface area (TPSA) is 54.9 Å². The average Bonchev–Trinajstić information content (AvgIpc) is 2.74. The molecule has 0 saturated carbocycles. The predicted octanol–water partition coefficient (Wildman–Crippen LogP) is 4.90. The minimum atomic E-state index is -0.560. The van der Waals surface area contributed by atoms with Crippen LogP contribution in [0, 0.1) is 5.82 Å². The smallest absolute Gasteiger partial charge is 0.171 e. The Morgan fingerprint density at radius 1 is 1.04 bits per heavy atom. The van der Waals surface area contributed by atoms with E-state index in [0.29, 0.717) is 6.29 Å². The molecule has 0 amide bonds. The van der Waals surface area contributed by atoms with Crippen LogP contribution < -0.4 is 5.32 Å². The number of benzene rings is 1. The number of fused-ring (bicyclic) bond motifs is 2. The molecule has 1 aliphatic carbocycles. The van der Waals surface area contributed by atoms with Gasteiger partial charge >= 0.3 is 0 Å². The van der Waals surface area contributed by atoms with Gasteiger partial charge in [0.25, 0.3) is 0 Å². The van der Waals surface area contributed by atoms with Crippen molar-refractivity contribution in [1.29, 1.82) is 0 Å². The maximum Gasteiger partial charge on any atom is 0.171 e. The number of aryl methyl sites for hydroxylation is 2. The van der Waals surface area contributed by atoms with Crippen molar-refractivity contribution in [3.63, 3.8) is 0 Å². The van der Waals surface area contributed by atoms with Gasteiger partial charge in [-0.25, -0.2) is 9.37 Å². The van der Waals surface area contributed by atoms with E-state index >= 15 is 0 Å². The third-order valence-electron chi connectivity index (χ3n) is 5.37. The summed E-state index contributed by atoms with van der Waals surface area (Å²) >= 11 is 0. The summed E-state index contributed by atoms with van der Waals surface area (Å²) in [5.74, 6) is -0.560. The number of nitrogens with one attached hydrogen (secondary N) is 1. The molecule has 0 saturated heterocycles. The number of para-hydroxylation sites is 1. The summed E-state index contributed by atoms with van der Waals surface area (Å²) in [5, 5.41) is 4.85. The van der Waals surface area contributed by atoms with Crippen molar-refractivity contribution < 1.29 is 9.18 Å². The first-order chi connectivity index (χ1) is 13.8. The molecule has 0 bridgehead atoms. The highest BCUT2D eigenvalue weighted by Gasteiger charge is 2.17. The number of anilines is 1. The number of carbonyl (C=O) groups is 1. The van der Waals surface area contributed by atoms with Gasteiger partial charge in [-0.15, -0.1) is 0 Å². The van der Waals surface area contributed by atoms with E-state index < -0.39 is 5.82 Å². The zero-order valence-electron chi connectivity index (χ0n) is 15.9. The lowest BCUT2D eigenvalue weighted by Crippen LogP contribution is -2.12. The summed E-state index contributed by atoms with van der Waals surface area (Å²) in [4.78, 5) is 19.8. The number of nitrogens with zero attached hydrogens (tertiary/aromatic N) is 2. The van der Waals surface area contributed by atoms with Gasteiger partial charge in [0.2, 0.25) is 0 Å². The highest BCUT2D eigenvalue weighted by Crippen LogP contribution is 2.33. The van der Waals surface area contributed by atoms with Gasteiger partial charge in [-0.05, 0) is 68.7 Å². The van der Waals surface area contributed by atoms with Gasteiger partial charge in [-0.1, -0.05) is 18.2 Å². The molecule has 2 heterocycles. The Balaban J connectivity index is 1.41. The largest absolute Gasteiger partial charge is 0.384 e. The summed E-state index contributed by atoms with van der Waals surface area (Å²) in [6.07, 6.45) is 7.68. The summed E-state index contributed by atoms with van der Waals surface area (Å²) in [5.41, 5.74) is 5.57.